The standard InChI is InChI=1S/C36H33ClFN5O3/c37-26-12-6-23(7-13-26)19-32(35(39)44)43-36(45)29-3-1-2-28-30(16-17-46-34(28)29)42-31(33-20-40-21-41-33)18-22-4-8-24(9-5-22)25-10-14-27(38)15-11-25/h1-15,20-21,30-32,42H,16-19H2,(H2,39,44)(H,40,41)(H,43,45)/t30?,31?,32-/m0/s1. The lowest BCUT2D eigenvalue weighted by Crippen LogP contribution is -2.46. The van der Waals surface area contributed by atoms with E-state index in [9.17, 15) is 14.0 Å². The SMILES string of the molecule is NC(=O)[C@H](Cc1ccc(Cl)cc1)NC(=O)c1cccc2c1OCCC2NC(Cc1ccc(-c2ccc(F)cc2)cc1)c1cnc[nH]1. The van der Waals surface area contributed by atoms with Gasteiger partial charge in [-0.3, -0.25) is 9.59 Å². The smallest absolute Gasteiger partial charge is 0.255 e. The van der Waals surface area contributed by atoms with E-state index in [0.717, 1.165) is 33.5 Å². The zero-order valence-corrected chi connectivity index (χ0v) is 25.6. The zero-order valence-electron chi connectivity index (χ0n) is 24.9. The number of rotatable bonds is 11. The number of hydrogen-bond acceptors (Lipinski definition) is 5. The van der Waals surface area contributed by atoms with E-state index in [-0.39, 0.29) is 24.3 Å². The average molecular weight is 638 g/mol. The Morgan fingerprint density at radius 3 is 2.30 bits per heavy atom. The van der Waals surface area contributed by atoms with Crippen LogP contribution < -0.4 is 21.1 Å². The number of halogens is 2. The van der Waals surface area contributed by atoms with Crippen molar-refractivity contribution in [1.29, 1.82) is 0 Å². The highest BCUT2D eigenvalue weighted by atomic mass is 35.5. The Balaban J connectivity index is 1.20. The number of benzene rings is 4. The zero-order chi connectivity index (χ0) is 32.0. The number of carbonyl (C=O) groups excluding carboxylic acids is 2. The molecular formula is C36H33ClFN5O3. The molecule has 0 radical (unpaired) electrons. The predicted molar refractivity (Wildman–Crippen MR) is 175 cm³/mol. The van der Waals surface area contributed by atoms with E-state index in [4.69, 9.17) is 22.1 Å². The van der Waals surface area contributed by atoms with E-state index in [1.165, 1.54) is 12.1 Å². The number of aromatic nitrogens is 2. The van der Waals surface area contributed by atoms with Crippen LogP contribution in [0.1, 0.15) is 51.2 Å². The van der Waals surface area contributed by atoms with Crippen LogP contribution in [0.4, 0.5) is 4.39 Å². The second-order valence-electron chi connectivity index (χ2n) is 11.3. The van der Waals surface area contributed by atoms with Crippen molar-refractivity contribution in [3.8, 4) is 16.9 Å². The van der Waals surface area contributed by atoms with Crippen LogP contribution >= 0.6 is 11.6 Å². The van der Waals surface area contributed by atoms with E-state index in [2.05, 4.69) is 32.7 Å². The molecule has 234 valence electrons. The average Bonchev–Trinajstić information content (AvgIpc) is 3.61. The molecule has 5 aromatic rings. The minimum Gasteiger partial charge on any atom is -0.492 e. The van der Waals surface area contributed by atoms with Gasteiger partial charge in [-0.25, -0.2) is 9.37 Å². The number of aromatic amines is 1. The largest absolute Gasteiger partial charge is 0.492 e. The third kappa shape index (κ3) is 7.28. The van der Waals surface area contributed by atoms with Gasteiger partial charge in [0.1, 0.15) is 17.6 Å². The Hall–Kier alpha value is -4.99. The van der Waals surface area contributed by atoms with Crippen LogP contribution in [0, 0.1) is 5.82 Å². The maximum atomic E-state index is 13.5. The molecule has 0 bridgehead atoms. The molecule has 4 aromatic carbocycles. The minimum absolute atomic E-state index is 0.119. The fourth-order valence-corrected chi connectivity index (χ4v) is 5.89. The van der Waals surface area contributed by atoms with Crippen molar-refractivity contribution in [1.82, 2.24) is 20.6 Å². The van der Waals surface area contributed by atoms with Gasteiger partial charge < -0.3 is 26.1 Å². The van der Waals surface area contributed by atoms with Crippen molar-refractivity contribution in [2.75, 3.05) is 6.61 Å². The third-order valence-electron chi connectivity index (χ3n) is 8.19. The molecule has 6 rings (SSSR count). The highest BCUT2D eigenvalue weighted by molar-refractivity contribution is 6.30. The molecule has 3 atom stereocenters. The first-order valence-corrected chi connectivity index (χ1v) is 15.4. The Morgan fingerprint density at radius 2 is 1.63 bits per heavy atom. The molecule has 2 unspecified atom stereocenters. The Morgan fingerprint density at radius 1 is 0.957 bits per heavy atom. The van der Waals surface area contributed by atoms with Gasteiger partial charge in [-0.15, -0.1) is 0 Å². The van der Waals surface area contributed by atoms with Gasteiger partial charge in [-0.2, -0.15) is 0 Å². The first-order valence-electron chi connectivity index (χ1n) is 15.0. The number of nitrogens with zero attached hydrogens (tertiary/aromatic N) is 1. The molecule has 2 amide bonds. The Labute approximate surface area is 271 Å². The highest BCUT2D eigenvalue weighted by Gasteiger charge is 2.30. The van der Waals surface area contributed by atoms with E-state index >= 15 is 0 Å². The summed E-state index contributed by atoms with van der Waals surface area (Å²) >= 11 is 5.99. The van der Waals surface area contributed by atoms with Crippen LogP contribution in [0.3, 0.4) is 0 Å². The fourth-order valence-electron chi connectivity index (χ4n) is 5.76. The number of para-hydroxylation sites is 1. The van der Waals surface area contributed by atoms with E-state index in [1.54, 1.807) is 55.0 Å². The van der Waals surface area contributed by atoms with Crippen LogP contribution in [0.2, 0.25) is 5.02 Å². The van der Waals surface area contributed by atoms with Crippen LogP contribution in [-0.4, -0.2) is 34.4 Å². The monoisotopic (exact) mass is 637 g/mol. The number of fused-ring (bicyclic) bond motifs is 1. The molecule has 1 aliphatic rings. The van der Waals surface area contributed by atoms with Gasteiger partial charge in [0.25, 0.3) is 5.91 Å². The van der Waals surface area contributed by atoms with E-state index in [1.807, 2.05) is 24.3 Å². The number of imidazole rings is 1. The maximum Gasteiger partial charge on any atom is 0.255 e. The number of amides is 2. The van der Waals surface area contributed by atoms with Crippen molar-refractivity contribution >= 4 is 23.4 Å². The third-order valence-corrected chi connectivity index (χ3v) is 8.44. The molecule has 10 heteroatoms. The first kappa shape index (κ1) is 31.0. The van der Waals surface area contributed by atoms with Crippen molar-refractivity contribution < 1.29 is 18.7 Å². The molecule has 0 fully saturated rings. The Kier molecular flexibility index (Phi) is 9.42. The molecule has 46 heavy (non-hydrogen) atoms. The van der Waals surface area contributed by atoms with Crippen LogP contribution in [0.5, 0.6) is 5.75 Å². The second-order valence-corrected chi connectivity index (χ2v) is 11.7. The van der Waals surface area contributed by atoms with Gasteiger partial charge in [-0.05, 0) is 59.0 Å². The molecule has 2 heterocycles. The number of carbonyl (C=O) groups is 2. The number of hydrogen-bond donors (Lipinski definition) is 4. The Bertz CT molecular complexity index is 1800. The predicted octanol–water partition coefficient (Wildman–Crippen LogP) is 6.09. The highest BCUT2D eigenvalue weighted by Crippen LogP contribution is 2.37. The lowest BCUT2D eigenvalue weighted by molar-refractivity contribution is -0.119. The second kappa shape index (κ2) is 14.0. The van der Waals surface area contributed by atoms with Crippen LogP contribution in [-0.2, 0) is 17.6 Å². The number of H-pyrrole nitrogens is 1. The first-order chi connectivity index (χ1) is 22.3. The van der Waals surface area contributed by atoms with Crippen molar-refractivity contribution in [3.05, 3.63) is 142 Å². The van der Waals surface area contributed by atoms with Gasteiger partial charge in [0.15, 0.2) is 0 Å². The molecule has 0 saturated carbocycles. The van der Waals surface area contributed by atoms with E-state index in [0.29, 0.717) is 35.8 Å². The summed E-state index contributed by atoms with van der Waals surface area (Å²) in [5, 5.41) is 7.14. The molecule has 0 spiro atoms. The van der Waals surface area contributed by atoms with Crippen molar-refractivity contribution in [3.63, 3.8) is 0 Å². The van der Waals surface area contributed by atoms with Crippen molar-refractivity contribution in [2.45, 2.75) is 37.4 Å². The molecule has 5 N–H and O–H groups in total. The molecule has 1 aliphatic heterocycles. The van der Waals surface area contributed by atoms with Gasteiger partial charge in [-0.1, -0.05) is 72.3 Å². The summed E-state index contributed by atoms with van der Waals surface area (Å²) < 4.78 is 19.4. The minimum atomic E-state index is -0.916. The maximum absolute atomic E-state index is 13.5. The molecular weight excluding hydrogens is 605 g/mol. The summed E-state index contributed by atoms with van der Waals surface area (Å²) in [7, 11) is 0. The summed E-state index contributed by atoms with van der Waals surface area (Å²) in [5.41, 5.74) is 11.7. The molecule has 8 nitrogen and oxygen atoms in total. The summed E-state index contributed by atoms with van der Waals surface area (Å²) in [6.45, 7) is 0.404. The quantitative estimate of drug-likeness (QED) is 0.140. The number of nitrogens with two attached hydrogens (primary N) is 1. The molecule has 1 aromatic heterocycles. The van der Waals surface area contributed by atoms with E-state index < -0.39 is 17.9 Å². The fraction of sp³-hybridized carbons (Fsp3) is 0.194. The topological polar surface area (TPSA) is 122 Å². The van der Waals surface area contributed by atoms with Gasteiger partial charge >= 0.3 is 0 Å². The number of ether oxygens (including phenoxy) is 1. The van der Waals surface area contributed by atoms with Gasteiger partial charge in [0.2, 0.25) is 5.91 Å². The summed E-state index contributed by atoms with van der Waals surface area (Å²) in [4.78, 5) is 33.3. The lowest BCUT2D eigenvalue weighted by Gasteiger charge is -2.31. The number of nitrogens with one attached hydrogen (secondary N) is 3. The summed E-state index contributed by atoms with van der Waals surface area (Å²) in [6, 6.07) is 26.0. The van der Waals surface area contributed by atoms with Gasteiger partial charge in [0, 0.05) is 35.7 Å². The summed E-state index contributed by atoms with van der Waals surface area (Å²) in [5.74, 6) is -0.867. The van der Waals surface area contributed by atoms with Crippen LogP contribution in [0.25, 0.3) is 11.1 Å². The normalized spacial score (nSPS) is 15.3. The van der Waals surface area contributed by atoms with Crippen LogP contribution in [0.15, 0.2) is 104 Å². The molecule has 0 aliphatic carbocycles. The van der Waals surface area contributed by atoms with Gasteiger partial charge in [0.05, 0.1) is 30.2 Å². The van der Waals surface area contributed by atoms with Crippen molar-refractivity contribution in [2.24, 2.45) is 5.73 Å². The summed E-state index contributed by atoms with van der Waals surface area (Å²) in [6.07, 6.45) is 5.05. The lowest BCUT2D eigenvalue weighted by atomic mass is 9.94. The number of primary amides is 1. The molecule has 0 saturated heterocycles.